The fourth-order valence-corrected chi connectivity index (χ4v) is 1.38. The van der Waals surface area contributed by atoms with Crippen LogP contribution in [0.25, 0.3) is 0 Å². The first kappa shape index (κ1) is 15.7. The molecule has 0 atom stereocenters. The van der Waals surface area contributed by atoms with Crippen LogP contribution in [0.3, 0.4) is 0 Å². The van der Waals surface area contributed by atoms with Crippen molar-refractivity contribution >= 4 is 22.0 Å². The van der Waals surface area contributed by atoms with E-state index in [1.807, 2.05) is 0 Å². The van der Waals surface area contributed by atoms with E-state index in [9.17, 15) is 18.0 Å². The molecule has 0 spiro atoms. The predicted octanol–water partition coefficient (Wildman–Crippen LogP) is -1.35. The molecule has 0 unspecified atom stereocenters. The minimum absolute atomic E-state index is 0.0946. The van der Waals surface area contributed by atoms with Crippen molar-refractivity contribution in [1.29, 1.82) is 0 Å². The van der Waals surface area contributed by atoms with Crippen LogP contribution in [0.2, 0.25) is 0 Å². The molecule has 0 saturated heterocycles. The SMILES string of the molecule is CN(CCC(=O)O)C(=O)NCCNS(C)(=O)=O. The highest BCUT2D eigenvalue weighted by Gasteiger charge is 2.09. The number of carboxylic acids is 1. The Kier molecular flexibility index (Phi) is 6.51. The van der Waals surface area contributed by atoms with Crippen LogP contribution in [-0.2, 0) is 14.8 Å². The first-order valence-corrected chi connectivity index (χ1v) is 6.77. The van der Waals surface area contributed by atoms with Crippen molar-refractivity contribution in [3.05, 3.63) is 0 Å². The van der Waals surface area contributed by atoms with Gasteiger partial charge >= 0.3 is 12.0 Å². The summed E-state index contributed by atoms with van der Waals surface area (Å²) >= 11 is 0. The third-order valence-electron chi connectivity index (χ3n) is 1.77. The van der Waals surface area contributed by atoms with Crippen molar-refractivity contribution < 1.29 is 23.1 Å². The zero-order valence-electron chi connectivity index (χ0n) is 9.76. The van der Waals surface area contributed by atoms with Crippen molar-refractivity contribution in [1.82, 2.24) is 14.9 Å². The first-order valence-electron chi connectivity index (χ1n) is 4.88. The molecule has 0 fully saturated rings. The zero-order valence-corrected chi connectivity index (χ0v) is 10.6. The Morgan fingerprint density at radius 1 is 1.29 bits per heavy atom. The van der Waals surface area contributed by atoms with Crippen LogP contribution >= 0.6 is 0 Å². The van der Waals surface area contributed by atoms with E-state index in [2.05, 4.69) is 10.0 Å². The highest BCUT2D eigenvalue weighted by Crippen LogP contribution is 1.88. The standard InChI is InChI=1S/C8H17N3O5S/c1-11(6-3-7(12)13)8(14)9-4-5-10-17(2,15)16/h10H,3-6H2,1-2H3,(H,9,14)(H,12,13). The molecule has 0 aromatic carbocycles. The summed E-state index contributed by atoms with van der Waals surface area (Å²) in [5, 5.41) is 10.9. The van der Waals surface area contributed by atoms with Gasteiger partial charge in [0.15, 0.2) is 0 Å². The van der Waals surface area contributed by atoms with Gasteiger partial charge in [0, 0.05) is 26.7 Å². The second-order valence-corrected chi connectivity index (χ2v) is 5.30. The number of carboxylic acid groups (broad SMARTS) is 1. The number of sulfonamides is 1. The van der Waals surface area contributed by atoms with Gasteiger partial charge in [-0.1, -0.05) is 0 Å². The molecule has 100 valence electrons. The summed E-state index contributed by atoms with van der Waals surface area (Å²) in [5.74, 6) is -0.983. The number of nitrogens with zero attached hydrogens (tertiary/aromatic N) is 1. The molecule has 0 aromatic rings. The van der Waals surface area contributed by atoms with Crippen LogP contribution in [-0.4, -0.2) is 63.4 Å². The molecule has 0 radical (unpaired) electrons. The number of aliphatic carboxylic acids is 1. The van der Waals surface area contributed by atoms with Gasteiger partial charge < -0.3 is 15.3 Å². The van der Waals surface area contributed by atoms with Crippen LogP contribution in [0.5, 0.6) is 0 Å². The summed E-state index contributed by atoms with van der Waals surface area (Å²) in [4.78, 5) is 22.8. The molecule has 0 heterocycles. The minimum Gasteiger partial charge on any atom is -0.481 e. The van der Waals surface area contributed by atoms with Crippen molar-refractivity contribution in [3.63, 3.8) is 0 Å². The Labute approximate surface area is 100 Å². The molecule has 0 aliphatic carbocycles. The maximum atomic E-state index is 11.3. The maximum absolute atomic E-state index is 11.3. The fraction of sp³-hybridized carbons (Fsp3) is 0.750. The van der Waals surface area contributed by atoms with Gasteiger partial charge in [-0.05, 0) is 0 Å². The number of carbonyl (C=O) groups is 2. The lowest BCUT2D eigenvalue weighted by Crippen LogP contribution is -2.41. The number of carbonyl (C=O) groups excluding carboxylic acids is 1. The third kappa shape index (κ3) is 9.57. The average Bonchev–Trinajstić information content (AvgIpc) is 2.19. The van der Waals surface area contributed by atoms with Crippen molar-refractivity contribution in [2.45, 2.75) is 6.42 Å². The Bertz CT molecular complexity index is 367. The van der Waals surface area contributed by atoms with Crippen molar-refractivity contribution in [2.75, 3.05) is 32.9 Å². The van der Waals surface area contributed by atoms with E-state index < -0.39 is 22.0 Å². The molecule has 2 amide bonds. The lowest BCUT2D eigenvalue weighted by atomic mass is 10.4. The normalized spacial score (nSPS) is 10.9. The second kappa shape index (κ2) is 7.07. The summed E-state index contributed by atoms with van der Waals surface area (Å²) in [5.41, 5.74) is 0. The van der Waals surface area contributed by atoms with Gasteiger partial charge in [0.1, 0.15) is 0 Å². The van der Waals surface area contributed by atoms with E-state index >= 15 is 0 Å². The van der Waals surface area contributed by atoms with Crippen LogP contribution in [0.15, 0.2) is 0 Å². The van der Waals surface area contributed by atoms with Crippen LogP contribution in [0.4, 0.5) is 4.79 Å². The Morgan fingerprint density at radius 3 is 2.35 bits per heavy atom. The molecule has 0 rings (SSSR count). The van der Waals surface area contributed by atoms with Crippen LogP contribution in [0.1, 0.15) is 6.42 Å². The van der Waals surface area contributed by atoms with Crippen LogP contribution < -0.4 is 10.0 Å². The number of hydrogen-bond donors (Lipinski definition) is 3. The van der Waals surface area contributed by atoms with Gasteiger partial charge in [-0.25, -0.2) is 17.9 Å². The lowest BCUT2D eigenvalue weighted by molar-refractivity contribution is -0.137. The second-order valence-electron chi connectivity index (χ2n) is 3.46. The van der Waals surface area contributed by atoms with E-state index in [1.165, 1.54) is 11.9 Å². The van der Waals surface area contributed by atoms with E-state index in [-0.39, 0.29) is 26.1 Å². The largest absolute Gasteiger partial charge is 0.481 e. The lowest BCUT2D eigenvalue weighted by Gasteiger charge is -2.16. The highest BCUT2D eigenvalue weighted by molar-refractivity contribution is 7.88. The molecular weight excluding hydrogens is 250 g/mol. The molecule has 0 aliphatic rings. The third-order valence-corrected chi connectivity index (χ3v) is 2.50. The number of rotatable bonds is 7. The van der Waals surface area contributed by atoms with E-state index in [0.29, 0.717) is 0 Å². The predicted molar refractivity (Wildman–Crippen MR) is 61.1 cm³/mol. The molecule has 3 N–H and O–H groups in total. The summed E-state index contributed by atoms with van der Waals surface area (Å²) in [6.07, 6.45) is 0.888. The number of amides is 2. The monoisotopic (exact) mass is 267 g/mol. The minimum atomic E-state index is -3.26. The summed E-state index contributed by atoms with van der Waals surface area (Å²) in [6, 6.07) is -0.443. The number of hydrogen-bond acceptors (Lipinski definition) is 4. The van der Waals surface area contributed by atoms with Gasteiger partial charge in [0.25, 0.3) is 0 Å². The fourth-order valence-electron chi connectivity index (χ4n) is 0.906. The average molecular weight is 267 g/mol. The van der Waals surface area contributed by atoms with Gasteiger partial charge in [-0.2, -0.15) is 0 Å². The van der Waals surface area contributed by atoms with Crippen LogP contribution in [0, 0.1) is 0 Å². The van der Waals surface area contributed by atoms with E-state index in [0.717, 1.165) is 6.26 Å². The van der Waals surface area contributed by atoms with Gasteiger partial charge in [0.05, 0.1) is 12.7 Å². The Balaban J connectivity index is 3.75. The molecule has 0 bridgehead atoms. The number of nitrogens with one attached hydrogen (secondary N) is 2. The summed E-state index contributed by atoms with van der Waals surface area (Å²) in [7, 11) is -1.80. The van der Waals surface area contributed by atoms with Gasteiger partial charge in [-0.3, -0.25) is 4.79 Å². The molecule has 9 heteroatoms. The zero-order chi connectivity index (χ0) is 13.5. The summed E-state index contributed by atoms with van der Waals surface area (Å²) in [6.45, 7) is 0.335. The molecule has 0 saturated carbocycles. The van der Waals surface area contributed by atoms with Crippen molar-refractivity contribution in [3.8, 4) is 0 Å². The Morgan fingerprint density at radius 2 is 1.88 bits per heavy atom. The quantitative estimate of drug-likeness (QED) is 0.493. The molecule has 0 aromatic heterocycles. The smallest absolute Gasteiger partial charge is 0.317 e. The van der Waals surface area contributed by atoms with Gasteiger partial charge in [-0.15, -0.1) is 0 Å². The highest BCUT2D eigenvalue weighted by atomic mass is 32.2. The molecule has 8 nitrogen and oxygen atoms in total. The molecule has 17 heavy (non-hydrogen) atoms. The van der Waals surface area contributed by atoms with E-state index in [4.69, 9.17) is 5.11 Å². The van der Waals surface area contributed by atoms with Gasteiger partial charge in [0.2, 0.25) is 10.0 Å². The topological polar surface area (TPSA) is 116 Å². The first-order chi connectivity index (χ1) is 7.72. The number of urea groups is 1. The molecule has 0 aliphatic heterocycles. The van der Waals surface area contributed by atoms with Crippen molar-refractivity contribution in [2.24, 2.45) is 0 Å². The summed E-state index contributed by atoms with van der Waals surface area (Å²) < 4.78 is 23.6. The van der Waals surface area contributed by atoms with E-state index in [1.54, 1.807) is 0 Å². The Hall–Kier alpha value is -1.35. The maximum Gasteiger partial charge on any atom is 0.317 e. The molecular formula is C8H17N3O5S.